The number of anilines is 1. The number of thiazole rings is 1. The van der Waals surface area contributed by atoms with Gasteiger partial charge in [0.05, 0.1) is 25.1 Å². The normalized spacial score (nSPS) is 12.7. The van der Waals surface area contributed by atoms with Crippen molar-refractivity contribution in [3.63, 3.8) is 0 Å². The summed E-state index contributed by atoms with van der Waals surface area (Å²) in [6.07, 6.45) is 4.83. The molecule has 51 heavy (non-hydrogen) atoms. The number of fused-ring (bicyclic) bond motifs is 2. The monoisotopic (exact) mass is 725 g/mol. The number of aryl methyl sites for hydroxylation is 2. The molecule has 2 amide bonds. The first-order chi connectivity index (χ1) is 24.3. The summed E-state index contributed by atoms with van der Waals surface area (Å²) in [6.45, 7) is 4.09. The smallest absolute Gasteiger partial charge is 0.326 e. The fraction of sp³-hybridized carbons (Fsp3) is 0.194. The van der Waals surface area contributed by atoms with Gasteiger partial charge in [-0.05, 0) is 48.2 Å². The van der Waals surface area contributed by atoms with Gasteiger partial charge in [-0.1, -0.05) is 71.9 Å². The van der Waals surface area contributed by atoms with Crippen LogP contribution in [0.4, 0.5) is 5.13 Å². The number of furan rings is 1. The van der Waals surface area contributed by atoms with Crippen LogP contribution in [-0.4, -0.2) is 54.5 Å². The Morgan fingerprint density at radius 3 is 2.29 bits per heavy atom. The number of nitrogens with one attached hydrogen (secondary N) is 3. The Hall–Kier alpha value is -5.93. The number of benzene rings is 2. The fourth-order valence-corrected chi connectivity index (χ4v) is 6.84. The van der Waals surface area contributed by atoms with Gasteiger partial charge >= 0.3 is 17.6 Å². The van der Waals surface area contributed by atoms with Crippen molar-refractivity contribution in [2.75, 3.05) is 5.32 Å². The third-order valence-corrected chi connectivity index (χ3v) is 9.38. The van der Waals surface area contributed by atoms with E-state index in [-0.39, 0.29) is 35.5 Å². The van der Waals surface area contributed by atoms with Gasteiger partial charge in [0.1, 0.15) is 16.4 Å². The average Bonchev–Trinajstić information content (AvgIpc) is 3.69. The fourth-order valence-electron chi connectivity index (χ4n) is 5.88. The molecular weight excluding hydrogens is 695 g/mol. The second-order valence-electron chi connectivity index (χ2n) is 12.1. The molecule has 0 spiro atoms. The SMILES string of the molecule is Cc1ccc2c(c1)C=Cc1cc(C)ccc1C2c1cn(Cc2ccc(C(=O)Nc3nc(CC(=O)N[C@@H](CC(=O)O)C(=O)O)cs3)o2)c(=O)[nH]c1=S. The second-order valence-corrected chi connectivity index (χ2v) is 13.4. The van der Waals surface area contributed by atoms with Gasteiger partial charge in [-0.3, -0.25) is 29.3 Å². The van der Waals surface area contributed by atoms with Crippen LogP contribution >= 0.6 is 23.6 Å². The quantitative estimate of drug-likeness (QED) is 0.112. The zero-order valence-electron chi connectivity index (χ0n) is 27.3. The van der Waals surface area contributed by atoms with Crippen molar-refractivity contribution in [3.8, 4) is 0 Å². The van der Waals surface area contributed by atoms with E-state index < -0.39 is 41.9 Å². The van der Waals surface area contributed by atoms with Gasteiger partial charge in [-0.25, -0.2) is 14.6 Å². The van der Waals surface area contributed by atoms with Crippen LogP contribution in [0.15, 0.2) is 69.3 Å². The molecule has 0 aliphatic heterocycles. The van der Waals surface area contributed by atoms with Gasteiger partial charge in [0.25, 0.3) is 5.91 Å². The zero-order valence-corrected chi connectivity index (χ0v) is 28.9. The van der Waals surface area contributed by atoms with E-state index in [9.17, 15) is 24.0 Å². The molecule has 6 rings (SSSR count). The summed E-state index contributed by atoms with van der Waals surface area (Å²) in [6, 6.07) is 14.0. The number of aliphatic carboxylic acids is 2. The van der Waals surface area contributed by atoms with Gasteiger partial charge in [0.2, 0.25) is 5.91 Å². The molecule has 0 fully saturated rings. The number of hydrogen-bond acceptors (Lipinski definition) is 9. The molecule has 260 valence electrons. The summed E-state index contributed by atoms with van der Waals surface area (Å²) < 4.78 is 7.58. The first-order valence-electron chi connectivity index (χ1n) is 15.7. The summed E-state index contributed by atoms with van der Waals surface area (Å²) in [4.78, 5) is 67.5. The van der Waals surface area contributed by atoms with Crippen LogP contribution in [0.3, 0.4) is 0 Å². The van der Waals surface area contributed by atoms with Crippen molar-refractivity contribution >= 4 is 64.6 Å². The number of carbonyl (C=O) groups is 4. The molecule has 0 bridgehead atoms. The van der Waals surface area contributed by atoms with Crippen molar-refractivity contribution in [2.24, 2.45) is 0 Å². The Morgan fingerprint density at radius 2 is 1.67 bits per heavy atom. The minimum atomic E-state index is -1.59. The molecule has 1 atom stereocenters. The zero-order chi connectivity index (χ0) is 36.4. The van der Waals surface area contributed by atoms with Crippen LogP contribution in [0, 0.1) is 18.5 Å². The molecule has 0 unspecified atom stereocenters. The topological polar surface area (TPSA) is 197 Å². The van der Waals surface area contributed by atoms with Crippen LogP contribution in [0.5, 0.6) is 0 Å². The molecule has 15 heteroatoms. The summed E-state index contributed by atoms with van der Waals surface area (Å²) in [7, 11) is 0. The van der Waals surface area contributed by atoms with Gasteiger partial charge in [0, 0.05) is 23.1 Å². The number of amides is 2. The molecule has 1 aliphatic carbocycles. The van der Waals surface area contributed by atoms with Crippen LogP contribution in [0.2, 0.25) is 0 Å². The molecule has 13 nitrogen and oxygen atoms in total. The molecule has 3 heterocycles. The van der Waals surface area contributed by atoms with Crippen LogP contribution in [0.25, 0.3) is 12.2 Å². The van der Waals surface area contributed by atoms with E-state index in [2.05, 4.69) is 69.2 Å². The van der Waals surface area contributed by atoms with Crippen LogP contribution in [-0.2, 0) is 27.3 Å². The third kappa shape index (κ3) is 7.95. The van der Waals surface area contributed by atoms with Gasteiger partial charge in [-0.2, -0.15) is 0 Å². The maximum atomic E-state index is 13.1. The van der Waals surface area contributed by atoms with Crippen molar-refractivity contribution in [1.29, 1.82) is 0 Å². The van der Waals surface area contributed by atoms with E-state index in [1.165, 1.54) is 16.0 Å². The van der Waals surface area contributed by atoms with Crippen LogP contribution in [0.1, 0.15) is 73.3 Å². The molecule has 0 saturated carbocycles. The van der Waals surface area contributed by atoms with Gasteiger partial charge in [-0.15, -0.1) is 11.3 Å². The molecule has 5 N–H and O–H groups in total. The average molecular weight is 726 g/mol. The maximum absolute atomic E-state index is 13.1. The summed E-state index contributed by atoms with van der Waals surface area (Å²) in [5.74, 6) is -4.19. The van der Waals surface area contributed by atoms with E-state index in [4.69, 9.17) is 26.8 Å². The third-order valence-electron chi connectivity index (χ3n) is 8.24. The van der Waals surface area contributed by atoms with Gasteiger partial charge < -0.3 is 19.9 Å². The van der Waals surface area contributed by atoms with E-state index in [1.54, 1.807) is 12.3 Å². The number of nitrogens with zero attached hydrogens (tertiary/aromatic N) is 2. The first-order valence-corrected chi connectivity index (χ1v) is 16.9. The molecule has 3 aromatic heterocycles. The van der Waals surface area contributed by atoms with Crippen molar-refractivity contribution in [2.45, 2.75) is 45.2 Å². The minimum absolute atomic E-state index is 0.00737. The number of carboxylic acid groups (broad SMARTS) is 2. The first kappa shape index (κ1) is 34.9. The minimum Gasteiger partial charge on any atom is -0.481 e. The lowest BCUT2D eigenvalue weighted by molar-refractivity contribution is -0.147. The number of aromatic nitrogens is 3. The number of H-pyrrole nitrogens is 1. The number of carbonyl (C=O) groups excluding carboxylic acids is 2. The van der Waals surface area contributed by atoms with Crippen molar-refractivity contribution in [3.05, 3.63) is 131 Å². The van der Waals surface area contributed by atoms with E-state index >= 15 is 0 Å². The molecule has 0 saturated heterocycles. The lowest BCUT2D eigenvalue weighted by Crippen LogP contribution is -2.42. The molecule has 0 radical (unpaired) electrons. The number of aromatic amines is 1. The van der Waals surface area contributed by atoms with Gasteiger partial charge in [0.15, 0.2) is 10.9 Å². The lowest BCUT2D eigenvalue weighted by atomic mass is 9.83. The van der Waals surface area contributed by atoms with Crippen LogP contribution < -0.4 is 16.3 Å². The Labute approximate surface area is 299 Å². The molecule has 1 aliphatic rings. The number of hydrogen-bond donors (Lipinski definition) is 5. The largest absolute Gasteiger partial charge is 0.481 e. The summed E-state index contributed by atoms with van der Waals surface area (Å²) >= 11 is 6.76. The lowest BCUT2D eigenvalue weighted by Gasteiger charge is -2.22. The van der Waals surface area contributed by atoms with Crippen molar-refractivity contribution in [1.82, 2.24) is 19.9 Å². The molecular formula is C36H31N5O8S2. The Kier molecular flexibility index (Phi) is 9.93. The highest BCUT2D eigenvalue weighted by Crippen LogP contribution is 2.40. The summed E-state index contributed by atoms with van der Waals surface area (Å²) in [5, 5.41) is 24.4. The Balaban J connectivity index is 1.19. The highest BCUT2D eigenvalue weighted by atomic mass is 32.1. The van der Waals surface area contributed by atoms with E-state index in [0.717, 1.165) is 50.3 Å². The number of rotatable bonds is 11. The van der Waals surface area contributed by atoms with E-state index in [1.807, 2.05) is 13.8 Å². The summed E-state index contributed by atoms with van der Waals surface area (Å²) in [5.41, 5.74) is 6.99. The maximum Gasteiger partial charge on any atom is 0.326 e. The number of carboxylic acids is 2. The molecule has 5 aromatic rings. The molecule has 2 aromatic carbocycles. The predicted octanol–water partition coefficient (Wildman–Crippen LogP) is 5.12. The highest BCUT2D eigenvalue weighted by Gasteiger charge is 2.27. The Bertz CT molecular complexity index is 2300. The predicted molar refractivity (Wildman–Crippen MR) is 192 cm³/mol. The highest BCUT2D eigenvalue weighted by molar-refractivity contribution is 7.71. The van der Waals surface area contributed by atoms with Crippen molar-refractivity contribution < 1.29 is 33.8 Å². The standard InChI is InChI=1S/C36H31N5O8S2/c1-18-3-8-24-20(11-18)5-6-21-12-19(2)4-9-25(21)31(24)26-16-41(36(48)40-33(26)50)15-23-7-10-28(49-23)32(45)39-35-37-22(17-51-35)13-29(42)38-27(34(46)47)14-30(43)44/h3-12,16-17,27,31H,13-15H2,1-2H3,(H,38,42)(H,43,44)(H,46,47)(H,37,39,45)(H,40,48,50)/t27-/m0/s1. The Morgan fingerprint density at radius 1 is 1.00 bits per heavy atom. The van der Waals surface area contributed by atoms with E-state index in [0.29, 0.717) is 10.4 Å². The second kappa shape index (κ2) is 14.5.